The normalized spacial score (nSPS) is 10.6. The predicted octanol–water partition coefficient (Wildman–Crippen LogP) is 3.26. The van der Waals surface area contributed by atoms with Crippen LogP contribution in [-0.2, 0) is 0 Å². The van der Waals surface area contributed by atoms with Gasteiger partial charge in [-0.3, -0.25) is 5.10 Å². The van der Waals surface area contributed by atoms with Crippen LogP contribution in [0.1, 0.15) is 45.4 Å². The number of nitrogens with zero attached hydrogens (tertiary/aromatic N) is 2. The Morgan fingerprint density at radius 2 is 2.00 bits per heavy atom. The zero-order chi connectivity index (χ0) is 10.1. The maximum Gasteiger partial charge on any atom is 0.183 e. The minimum atomic E-state index is 0.943. The third-order valence-corrected chi connectivity index (χ3v) is 3.09. The predicted molar refractivity (Wildman–Crippen MR) is 60.5 cm³/mol. The summed E-state index contributed by atoms with van der Waals surface area (Å²) in [5.74, 6) is 1.15. The monoisotopic (exact) mass is 213 g/mol. The van der Waals surface area contributed by atoms with Gasteiger partial charge in [-0.05, 0) is 6.42 Å². The molecule has 1 rings (SSSR count). The molecule has 0 aliphatic carbocycles. The van der Waals surface area contributed by atoms with Crippen LogP contribution in [0.25, 0.3) is 0 Å². The van der Waals surface area contributed by atoms with E-state index in [1.807, 2.05) is 0 Å². The highest BCUT2D eigenvalue weighted by molar-refractivity contribution is 7.99. The summed E-state index contributed by atoms with van der Waals surface area (Å²) in [5.41, 5.74) is 0. The average Bonchev–Trinajstić information content (AvgIpc) is 2.69. The first kappa shape index (κ1) is 11.6. The van der Waals surface area contributed by atoms with Crippen LogP contribution in [0.5, 0.6) is 0 Å². The van der Waals surface area contributed by atoms with Crippen molar-refractivity contribution in [2.75, 3.05) is 5.75 Å². The Bertz CT molecular complexity index is 211. The molecule has 14 heavy (non-hydrogen) atoms. The summed E-state index contributed by atoms with van der Waals surface area (Å²) < 4.78 is 0. The Labute approximate surface area is 90.1 Å². The second-order valence-corrected chi connectivity index (χ2v) is 4.49. The van der Waals surface area contributed by atoms with Gasteiger partial charge in [0.15, 0.2) is 5.16 Å². The van der Waals surface area contributed by atoms with Gasteiger partial charge in [0.2, 0.25) is 0 Å². The van der Waals surface area contributed by atoms with Crippen LogP contribution >= 0.6 is 11.8 Å². The number of unbranched alkanes of at least 4 members (excludes halogenated alkanes) is 5. The summed E-state index contributed by atoms with van der Waals surface area (Å²) in [6, 6.07) is 0. The molecule has 0 bridgehead atoms. The third-order valence-electron chi connectivity index (χ3n) is 2.13. The van der Waals surface area contributed by atoms with Gasteiger partial charge in [-0.2, -0.15) is 5.10 Å². The number of H-pyrrole nitrogens is 1. The Morgan fingerprint density at radius 1 is 1.21 bits per heavy atom. The lowest BCUT2D eigenvalue weighted by Gasteiger charge is -1.99. The summed E-state index contributed by atoms with van der Waals surface area (Å²) in [4.78, 5) is 4.06. The smallest absolute Gasteiger partial charge is 0.183 e. The number of aromatic amines is 1. The number of aromatic nitrogens is 3. The van der Waals surface area contributed by atoms with Crippen molar-refractivity contribution in [1.82, 2.24) is 15.2 Å². The SMILES string of the molecule is CCCCCCCCSc1ncn[nH]1. The molecular formula is C10H19N3S. The van der Waals surface area contributed by atoms with Gasteiger partial charge >= 0.3 is 0 Å². The topological polar surface area (TPSA) is 41.6 Å². The van der Waals surface area contributed by atoms with Crippen molar-refractivity contribution in [1.29, 1.82) is 0 Å². The average molecular weight is 213 g/mol. The number of hydrogen-bond donors (Lipinski definition) is 1. The minimum absolute atomic E-state index is 0.943. The van der Waals surface area contributed by atoms with Crippen molar-refractivity contribution in [2.24, 2.45) is 0 Å². The molecule has 3 nitrogen and oxygen atoms in total. The van der Waals surface area contributed by atoms with Gasteiger partial charge in [-0.15, -0.1) is 0 Å². The Kier molecular flexibility index (Phi) is 6.49. The molecule has 1 aromatic heterocycles. The Morgan fingerprint density at radius 3 is 2.71 bits per heavy atom. The molecule has 80 valence electrons. The van der Waals surface area contributed by atoms with E-state index in [-0.39, 0.29) is 0 Å². The molecule has 0 aliphatic rings. The van der Waals surface area contributed by atoms with Crippen molar-refractivity contribution < 1.29 is 0 Å². The first-order valence-corrected chi connectivity index (χ1v) is 6.40. The summed E-state index contributed by atoms with van der Waals surface area (Å²) in [7, 11) is 0. The highest BCUT2D eigenvalue weighted by Gasteiger charge is 1.95. The fourth-order valence-electron chi connectivity index (χ4n) is 1.32. The van der Waals surface area contributed by atoms with Gasteiger partial charge in [-0.25, -0.2) is 4.98 Å². The Balaban J connectivity index is 1.85. The van der Waals surface area contributed by atoms with Crippen LogP contribution in [0.2, 0.25) is 0 Å². The standard InChI is InChI=1S/C10H19N3S/c1-2-3-4-5-6-7-8-14-10-11-9-12-13-10/h9H,2-8H2,1H3,(H,11,12,13). The molecular weight excluding hydrogens is 194 g/mol. The van der Waals surface area contributed by atoms with E-state index in [0.29, 0.717) is 0 Å². The largest absolute Gasteiger partial charge is 0.254 e. The van der Waals surface area contributed by atoms with E-state index in [1.165, 1.54) is 38.5 Å². The fraction of sp³-hybridized carbons (Fsp3) is 0.800. The molecule has 0 aromatic carbocycles. The summed E-state index contributed by atoms with van der Waals surface area (Å²) in [5, 5.41) is 7.60. The molecule has 1 heterocycles. The molecule has 0 atom stereocenters. The third kappa shape index (κ3) is 5.27. The lowest BCUT2D eigenvalue weighted by Crippen LogP contribution is -1.83. The van der Waals surface area contributed by atoms with Crippen molar-refractivity contribution in [2.45, 2.75) is 50.6 Å². The van der Waals surface area contributed by atoms with Gasteiger partial charge in [-0.1, -0.05) is 50.8 Å². The molecule has 0 saturated carbocycles. The molecule has 0 amide bonds. The molecule has 0 radical (unpaired) electrons. The lowest BCUT2D eigenvalue weighted by atomic mass is 10.1. The Hall–Kier alpha value is -0.510. The van der Waals surface area contributed by atoms with E-state index in [1.54, 1.807) is 18.1 Å². The maximum absolute atomic E-state index is 4.06. The second kappa shape index (κ2) is 7.85. The zero-order valence-electron chi connectivity index (χ0n) is 8.83. The van der Waals surface area contributed by atoms with Gasteiger partial charge in [0.1, 0.15) is 6.33 Å². The number of thioether (sulfide) groups is 1. The van der Waals surface area contributed by atoms with Crippen LogP contribution in [-0.4, -0.2) is 20.9 Å². The molecule has 0 aliphatic heterocycles. The number of hydrogen-bond acceptors (Lipinski definition) is 3. The molecule has 0 saturated heterocycles. The van der Waals surface area contributed by atoms with E-state index in [2.05, 4.69) is 22.1 Å². The van der Waals surface area contributed by atoms with Crippen molar-refractivity contribution >= 4 is 11.8 Å². The quantitative estimate of drug-likeness (QED) is 0.532. The van der Waals surface area contributed by atoms with E-state index in [0.717, 1.165) is 10.9 Å². The summed E-state index contributed by atoms with van der Waals surface area (Å²) in [6.07, 6.45) is 9.68. The first-order valence-electron chi connectivity index (χ1n) is 5.41. The molecule has 1 aromatic rings. The van der Waals surface area contributed by atoms with E-state index >= 15 is 0 Å². The lowest BCUT2D eigenvalue weighted by molar-refractivity contribution is 0.627. The van der Waals surface area contributed by atoms with E-state index in [9.17, 15) is 0 Å². The van der Waals surface area contributed by atoms with Crippen LogP contribution in [0.3, 0.4) is 0 Å². The van der Waals surface area contributed by atoms with E-state index in [4.69, 9.17) is 0 Å². The fourth-order valence-corrected chi connectivity index (χ4v) is 2.10. The van der Waals surface area contributed by atoms with Gasteiger partial charge in [0.25, 0.3) is 0 Å². The van der Waals surface area contributed by atoms with Crippen LogP contribution in [0.4, 0.5) is 0 Å². The van der Waals surface area contributed by atoms with Crippen molar-refractivity contribution in [3.8, 4) is 0 Å². The highest BCUT2D eigenvalue weighted by Crippen LogP contribution is 2.14. The molecule has 4 heteroatoms. The van der Waals surface area contributed by atoms with Crippen LogP contribution in [0.15, 0.2) is 11.5 Å². The summed E-state index contributed by atoms with van der Waals surface area (Å²) >= 11 is 1.76. The second-order valence-electron chi connectivity index (χ2n) is 3.41. The molecule has 0 spiro atoms. The minimum Gasteiger partial charge on any atom is -0.254 e. The maximum atomic E-state index is 4.06. The first-order chi connectivity index (χ1) is 6.93. The number of nitrogens with one attached hydrogen (secondary N) is 1. The van der Waals surface area contributed by atoms with Gasteiger partial charge < -0.3 is 0 Å². The van der Waals surface area contributed by atoms with Crippen LogP contribution < -0.4 is 0 Å². The molecule has 0 unspecified atom stereocenters. The van der Waals surface area contributed by atoms with Gasteiger partial charge in [0, 0.05) is 5.75 Å². The van der Waals surface area contributed by atoms with Crippen molar-refractivity contribution in [3.05, 3.63) is 6.33 Å². The summed E-state index contributed by atoms with van der Waals surface area (Å²) in [6.45, 7) is 2.25. The molecule has 1 N–H and O–H groups in total. The van der Waals surface area contributed by atoms with Gasteiger partial charge in [0.05, 0.1) is 0 Å². The number of rotatable bonds is 8. The highest BCUT2D eigenvalue weighted by atomic mass is 32.2. The van der Waals surface area contributed by atoms with E-state index < -0.39 is 0 Å². The van der Waals surface area contributed by atoms with Crippen molar-refractivity contribution in [3.63, 3.8) is 0 Å². The van der Waals surface area contributed by atoms with Crippen LogP contribution in [0, 0.1) is 0 Å². The molecule has 0 fully saturated rings. The zero-order valence-corrected chi connectivity index (χ0v) is 9.65.